The predicted octanol–water partition coefficient (Wildman–Crippen LogP) is 1.06. The van der Waals surface area contributed by atoms with Crippen LogP contribution in [0.2, 0.25) is 0 Å². The van der Waals surface area contributed by atoms with Crippen LogP contribution in [0.3, 0.4) is 0 Å². The van der Waals surface area contributed by atoms with Gasteiger partial charge in [-0.1, -0.05) is 0 Å². The van der Waals surface area contributed by atoms with Crippen LogP contribution in [0.15, 0.2) is 11.6 Å². The number of aromatic nitrogens is 2. The number of carbonyl (C=O) groups excluding carboxylic acids is 1. The van der Waals surface area contributed by atoms with Gasteiger partial charge in [-0.05, 0) is 6.92 Å². The van der Waals surface area contributed by atoms with Crippen LogP contribution in [-0.4, -0.2) is 35.6 Å². The Balaban J connectivity index is 2.01. The Morgan fingerprint density at radius 2 is 2.44 bits per heavy atom. The van der Waals surface area contributed by atoms with E-state index in [4.69, 9.17) is 9.47 Å². The molecule has 0 aliphatic rings. The highest BCUT2D eigenvalue weighted by Crippen LogP contribution is 2.22. The standard InChI is InChI=1S/C11H15N3O3S/c1-3-17-9(15)7-12-6-8-10(16-2)13-11-14(8)4-5-18-11/h4-5,12H,3,6-7H2,1-2H3. The summed E-state index contributed by atoms with van der Waals surface area (Å²) in [6.07, 6.45) is 1.93. The lowest BCUT2D eigenvalue weighted by Crippen LogP contribution is -2.25. The first-order valence-electron chi connectivity index (χ1n) is 5.61. The fourth-order valence-corrected chi connectivity index (χ4v) is 2.36. The maximum absolute atomic E-state index is 11.2. The monoisotopic (exact) mass is 269 g/mol. The molecule has 0 fully saturated rings. The fraction of sp³-hybridized carbons (Fsp3) is 0.455. The summed E-state index contributed by atoms with van der Waals surface area (Å²) in [5.41, 5.74) is 0.901. The Labute approximate surface area is 109 Å². The molecule has 0 saturated carbocycles. The first kappa shape index (κ1) is 12.8. The highest BCUT2D eigenvalue weighted by atomic mass is 32.1. The van der Waals surface area contributed by atoms with E-state index in [-0.39, 0.29) is 12.5 Å². The molecule has 2 rings (SSSR count). The zero-order valence-corrected chi connectivity index (χ0v) is 11.1. The third kappa shape index (κ3) is 2.62. The van der Waals surface area contributed by atoms with Crippen molar-refractivity contribution in [3.63, 3.8) is 0 Å². The molecule has 7 heteroatoms. The summed E-state index contributed by atoms with van der Waals surface area (Å²) in [5.74, 6) is 0.320. The van der Waals surface area contributed by atoms with E-state index in [1.807, 2.05) is 16.0 Å². The van der Waals surface area contributed by atoms with Gasteiger partial charge < -0.3 is 14.8 Å². The van der Waals surface area contributed by atoms with Crippen LogP contribution >= 0.6 is 11.3 Å². The molecule has 6 nitrogen and oxygen atoms in total. The van der Waals surface area contributed by atoms with Crippen LogP contribution in [0.5, 0.6) is 5.88 Å². The average molecular weight is 269 g/mol. The van der Waals surface area contributed by atoms with Gasteiger partial charge in [0.25, 0.3) is 0 Å². The summed E-state index contributed by atoms with van der Waals surface area (Å²) >= 11 is 1.54. The minimum atomic E-state index is -0.262. The highest BCUT2D eigenvalue weighted by Gasteiger charge is 2.13. The quantitative estimate of drug-likeness (QED) is 0.794. The highest BCUT2D eigenvalue weighted by molar-refractivity contribution is 7.15. The van der Waals surface area contributed by atoms with Gasteiger partial charge in [-0.2, -0.15) is 4.98 Å². The molecule has 18 heavy (non-hydrogen) atoms. The van der Waals surface area contributed by atoms with Crippen molar-refractivity contribution in [1.29, 1.82) is 0 Å². The van der Waals surface area contributed by atoms with Gasteiger partial charge in [0.05, 0.1) is 20.3 Å². The van der Waals surface area contributed by atoms with Gasteiger partial charge in [0.2, 0.25) is 5.88 Å². The number of hydrogen-bond acceptors (Lipinski definition) is 6. The van der Waals surface area contributed by atoms with E-state index in [2.05, 4.69) is 10.3 Å². The fourth-order valence-electron chi connectivity index (χ4n) is 1.63. The van der Waals surface area contributed by atoms with Gasteiger partial charge in [-0.25, -0.2) is 0 Å². The number of methoxy groups -OCH3 is 1. The summed E-state index contributed by atoms with van der Waals surface area (Å²) in [5, 5.41) is 4.97. The summed E-state index contributed by atoms with van der Waals surface area (Å²) in [6.45, 7) is 2.85. The Morgan fingerprint density at radius 3 is 3.17 bits per heavy atom. The second kappa shape index (κ2) is 5.83. The third-order valence-corrected chi connectivity index (χ3v) is 3.14. The summed E-state index contributed by atoms with van der Waals surface area (Å²) < 4.78 is 12.0. The number of fused-ring (bicyclic) bond motifs is 1. The first-order valence-corrected chi connectivity index (χ1v) is 6.49. The Morgan fingerprint density at radius 1 is 1.61 bits per heavy atom. The molecule has 0 atom stereocenters. The van der Waals surface area contributed by atoms with Gasteiger partial charge in [-0.15, -0.1) is 11.3 Å². The summed E-state index contributed by atoms with van der Waals surface area (Å²) in [6, 6.07) is 0. The van der Waals surface area contributed by atoms with Crippen molar-refractivity contribution in [2.45, 2.75) is 13.5 Å². The number of carbonyl (C=O) groups is 1. The molecule has 0 aliphatic heterocycles. The van der Waals surface area contributed by atoms with E-state index < -0.39 is 0 Å². The molecule has 0 bridgehead atoms. The molecule has 98 valence electrons. The minimum Gasteiger partial charge on any atom is -0.480 e. The molecule has 2 aromatic rings. The zero-order valence-electron chi connectivity index (χ0n) is 10.3. The maximum atomic E-state index is 11.2. The Bertz CT molecular complexity index is 535. The van der Waals surface area contributed by atoms with Crippen LogP contribution in [0.1, 0.15) is 12.6 Å². The average Bonchev–Trinajstić information content (AvgIpc) is 2.91. The normalized spacial score (nSPS) is 10.8. The topological polar surface area (TPSA) is 64.9 Å². The van der Waals surface area contributed by atoms with Gasteiger partial charge >= 0.3 is 5.97 Å². The Kier molecular flexibility index (Phi) is 4.16. The molecule has 0 aromatic carbocycles. The number of nitrogens with zero attached hydrogens (tertiary/aromatic N) is 2. The molecular formula is C11H15N3O3S. The van der Waals surface area contributed by atoms with Crippen molar-refractivity contribution in [3.05, 3.63) is 17.3 Å². The number of ether oxygens (including phenoxy) is 2. The van der Waals surface area contributed by atoms with E-state index in [1.165, 1.54) is 11.3 Å². The van der Waals surface area contributed by atoms with Crippen molar-refractivity contribution in [2.75, 3.05) is 20.3 Å². The molecule has 0 amide bonds. The number of esters is 1. The number of nitrogens with one attached hydrogen (secondary N) is 1. The summed E-state index contributed by atoms with van der Waals surface area (Å²) in [4.78, 5) is 16.4. The van der Waals surface area contributed by atoms with E-state index in [0.29, 0.717) is 19.0 Å². The molecule has 0 unspecified atom stereocenters. The molecular weight excluding hydrogens is 254 g/mol. The van der Waals surface area contributed by atoms with Crippen molar-refractivity contribution in [1.82, 2.24) is 14.7 Å². The van der Waals surface area contributed by atoms with Crippen LogP contribution < -0.4 is 10.1 Å². The number of thiazole rings is 1. The summed E-state index contributed by atoms with van der Waals surface area (Å²) in [7, 11) is 1.58. The van der Waals surface area contributed by atoms with Crippen molar-refractivity contribution < 1.29 is 14.3 Å². The van der Waals surface area contributed by atoms with E-state index in [9.17, 15) is 4.79 Å². The van der Waals surface area contributed by atoms with E-state index >= 15 is 0 Å². The molecule has 2 aromatic heterocycles. The number of hydrogen-bond donors (Lipinski definition) is 1. The first-order chi connectivity index (χ1) is 8.76. The van der Waals surface area contributed by atoms with Gasteiger partial charge in [0, 0.05) is 18.1 Å². The lowest BCUT2D eigenvalue weighted by Gasteiger charge is -2.05. The predicted molar refractivity (Wildman–Crippen MR) is 68.0 cm³/mol. The molecule has 1 N–H and O–H groups in total. The molecule has 0 aliphatic carbocycles. The minimum absolute atomic E-state index is 0.175. The van der Waals surface area contributed by atoms with Gasteiger partial charge in [0.15, 0.2) is 4.96 Å². The lowest BCUT2D eigenvalue weighted by molar-refractivity contribution is -0.142. The number of rotatable bonds is 6. The lowest BCUT2D eigenvalue weighted by atomic mass is 10.4. The van der Waals surface area contributed by atoms with Crippen LogP contribution in [0, 0.1) is 0 Å². The Hall–Kier alpha value is -1.60. The molecule has 2 heterocycles. The van der Waals surface area contributed by atoms with E-state index in [1.54, 1.807) is 14.0 Å². The van der Waals surface area contributed by atoms with Gasteiger partial charge in [0.1, 0.15) is 5.69 Å². The SMILES string of the molecule is CCOC(=O)CNCc1c(OC)nc2sccn12. The van der Waals surface area contributed by atoms with Crippen LogP contribution in [-0.2, 0) is 16.1 Å². The second-order valence-electron chi connectivity index (χ2n) is 3.53. The number of imidazole rings is 1. The van der Waals surface area contributed by atoms with Crippen LogP contribution in [0.4, 0.5) is 0 Å². The largest absolute Gasteiger partial charge is 0.480 e. The van der Waals surface area contributed by atoms with Crippen LogP contribution in [0.25, 0.3) is 4.96 Å². The smallest absolute Gasteiger partial charge is 0.319 e. The van der Waals surface area contributed by atoms with Crippen molar-refractivity contribution in [2.24, 2.45) is 0 Å². The zero-order chi connectivity index (χ0) is 13.0. The molecule has 0 radical (unpaired) electrons. The van der Waals surface area contributed by atoms with E-state index in [0.717, 1.165) is 10.7 Å². The maximum Gasteiger partial charge on any atom is 0.319 e. The molecule has 0 saturated heterocycles. The third-order valence-electron chi connectivity index (χ3n) is 2.38. The van der Waals surface area contributed by atoms with Crippen molar-refractivity contribution in [3.8, 4) is 5.88 Å². The van der Waals surface area contributed by atoms with Crippen molar-refractivity contribution >= 4 is 22.3 Å². The molecule has 0 spiro atoms. The second-order valence-corrected chi connectivity index (χ2v) is 4.40. The van der Waals surface area contributed by atoms with Gasteiger partial charge in [-0.3, -0.25) is 9.20 Å².